The number of alkyl halides is 3. The molecule has 0 aliphatic carbocycles. The van der Waals surface area contributed by atoms with Gasteiger partial charge in [0, 0.05) is 0 Å². The van der Waals surface area contributed by atoms with Crippen LogP contribution >= 0.6 is 22.6 Å². The molecule has 0 unspecified atom stereocenters. The number of nitrogens with zero attached hydrogens (tertiary/aromatic N) is 3. The lowest BCUT2D eigenvalue weighted by atomic mass is 10.4. The number of hydrogen-bond acceptors (Lipinski definition) is 3. The first kappa shape index (κ1) is 11.4. The van der Waals surface area contributed by atoms with Crippen LogP contribution in [0.3, 0.4) is 0 Å². The van der Waals surface area contributed by atoms with E-state index in [1.54, 1.807) is 0 Å². The van der Waals surface area contributed by atoms with Crippen LogP contribution in [0.5, 0.6) is 0 Å². The third-order valence-electron chi connectivity index (χ3n) is 1.82. The van der Waals surface area contributed by atoms with Gasteiger partial charge in [0.15, 0.2) is 5.69 Å². The van der Waals surface area contributed by atoms with Crippen molar-refractivity contribution in [2.75, 3.05) is 0 Å². The van der Waals surface area contributed by atoms with Crippen LogP contribution in [-0.4, -0.2) is 19.6 Å². The average Bonchev–Trinajstić information content (AvgIpc) is 2.51. The van der Waals surface area contributed by atoms with Crippen molar-refractivity contribution in [2.24, 2.45) is 0 Å². The van der Waals surface area contributed by atoms with Crippen LogP contribution in [0.4, 0.5) is 13.2 Å². The van der Waals surface area contributed by atoms with Crippen LogP contribution in [0, 0.1) is 10.5 Å². The molecule has 0 aliphatic rings. The Morgan fingerprint density at radius 3 is 2.56 bits per heavy atom. The lowest BCUT2D eigenvalue weighted by molar-refractivity contribution is -0.141. The molecule has 0 amide bonds. The van der Waals surface area contributed by atoms with Gasteiger partial charge in [0.2, 0.25) is 0 Å². The van der Waals surface area contributed by atoms with E-state index in [-0.39, 0.29) is 5.78 Å². The van der Waals surface area contributed by atoms with Gasteiger partial charge in [0.05, 0.1) is 0 Å². The summed E-state index contributed by atoms with van der Waals surface area (Å²) in [5.74, 6) is 0.0370. The predicted octanol–water partition coefficient (Wildman–Crippen LogP) is 1.35. The van der Waals surface area contributed by atoms with E-state index in [1.807, 2.05) is 0 Å². The smallest absolute Gasteiger partial charge is 0.275 e. The largest absolute Gasteiger partial charge is 0.434 e. The van der Waals surface area contributed by atoms with Gasteiger partial charge >= 0.3 is 6.18 Å². The van der Waals surface area contributed by atoms with E-state index in [0.717, 1.165) is 4.52 Å². The van der Waals surface area contributed by atoms with Crippen LogP contribution < -0.4 is 5.56 Å². The summed E-state index contributed by atoms with van der Waals surface area (Å²) in [5, 5.41) is 2.50. The fourth-order valence-corrected chi connectivity index (χ4v) is 1.86. The Morgan fingerprint density at radius 2 is 2.00 bits per heavy atom. The number of nitrogens with one attached hydrogen (secondary N) is 1. The van der Waals surface area contributed by atoms with Crippen LogP contribution in [0.1, 0.15) is 11.5 Å². The van der Waals surface area contributed by atoms with Crippen molar-refractivity contribution < 1.29 is 13.2 Å². The summed E-state index contributed by atoms with van der Waals surface area (Å²) in [7, 11) is 0. The fraction of sp³-hybridized carbons (Fsp3) is 0.286. The topological polar surface area (TPSA) is 63.1 Å². The van der Waals surface area contributed by atoms with Gasteiger partial charge < -0.3 is 0 Å². The second-order valence-electron chi connectivity index (χ2n) is 3.02. The Kier molecular flexibility index (Phi) is 2.44. The van der Waals surface area contributed by atoms with E-state index in [2.05, 4.69) is 15.1 Å². The number of aryl methyl sites for hydroxylation is 1. The highest BCUT2D eigenvalue weighted by Gasteiger charge is 2.37. The molecule has 0 fully saturated rings. The van der Waals surface area contributed by atoms with Gasteiger partial charge in [-0.3, -0.25) is 9.89 Å². The first-order chi connectivity index (χ1) is 7.30. The van der Waals surface area contributed by atoms with Crippen molar-refractivity contribution in [1.29, 1.82) is 0 Å². The fourth-order valence-electron chi connectivity index (χ4n) is 1.19. The Morgan fingerprint density at radius 1 is 1.38 bits per heavy atom. The van der Waals surface area contributed by atoms with Crippen molar-refractivity contribution in [3.05, 3.63) is 25.4 Å². The molecule has 5 nitrogen and oxygen atoms in total. The van der Waals surface area contributed by atoms with Crippen molar-refractivity contribution in [2.45, 2.75) is 13.1 Å². The van der Waals surface area contributed by atoms with E-state index in [9.17, 15) is 18.0 Å². The standard InChI is InChI=1S/C7H4F3IN4O/c1-2-12-6-13-4(7(8,9)10)3(11)5(16)15(6)14-2/h1H3,(H,12,13,14). The lowest BCUT2D eigenvalue weighted by Crippen LogP contribution is -2.25. The number of hydrogen-bond donors (Lipinski definition) is 1. The molecule has 2 aromatic rings. The minimum atomic E-state index is -4.66. The molecular formula is C7H4F3IN4O. The number of aromatic nitrogens is 4. The molecule has 2 heterocycles. The number of H-pyrrole nitrogens is 1. The first-order valence-electron chi connectivity index (χ1n) is 4.03. The molecule has 0 saturated carbocycles. The molecule has 2 rings (SSSR count). The predicted molar refractivity (Wildman–Crippen MR) is 56.1 cm³/mol. The third kappa shape index (κ3) is 1.68. The van der Waals surface area contributed by atoms with E-state index in [4.69, 9.17) is 0 Å². The highest BCUT2D eigenvalue weighted by atomic mass is 127. The number of fused-ring (bicyclic) bond motifs is 1. The Labute approximate surface area is 99.8 Å². The summed E-state index contributed by atoms with van der Waals surface area (Å²) in [6, 6.07) is 0. The number of rotatable bonds is 0. The van der Waals surface area contributed by atoms with E-state index in [1.165, 1.54) is 29.5 Å². The normalized spacial score (nSPS) is 12.3. The molecule has 0 radical (unpaired) electrons. The molecule has 0 spiro atoms. The summed E-state index contributed by atoms with van der Waals surface area (Å²) in [4.78, 5) is 18.6. The molecule has 1 N–H and O–H groups in total. The van der Waals surface area contributed by atoms with E-state index < -0.39 is 21.0 Å². The van der Waals surface area contributed by atoms with E-state index >= 15 is 0 Å². The monoisotopic (exact) mass is 344 g/mol. The summed E-state index contributed by atoms with van der Waals surface area (Å²) in [6.45, 7) is 1.52. The molecule has 0 atom stereocenters. The molecule has 0 saturated heterocycles. The van der Waals surface area contributed by atoms with Crippen LogP contribution in [0.15, 0.2) is 4.79 Å². The van der Waals surface area contributed by atoms with Crippen molar-refractivity contribution in [1.82, 2.24) is 19.6 Å². The van der Waals surface area contributed by atoms with Crippen molar-refractivity contribution >= 4 is 28.4 Å². The Bertz CT molecular complexity index is 614. The van der Waals surface area contributed by atoms with E-state index in [0.29, 0.717) is 5.82 Å². The van der Waals surface area contributed by atoms with Crippen LogP contribution in [-0.2, 0) is 6.18 Å². The van der Waals surface area contributed by atoms with Gasteiger partial charge in [-0.25, -0.2) is 4.98 Å². The zero-order chi connectivity index (χ0) is 12.1. The summed E-state index contributed by atoms with van der Waals surface area (Å²) in [6.07, 6.45) is -4.66. The zero-order valence-corrected chi connectivity index (χ0v) is 9.92. The Hall–Kier alpha value is -1.13. The molecule has 86 valence electrons. The summed E-state index contributed by atoms with van der Waals surface area (Å²) < 4.78 is 37.9. The molecule has 0 aromatic carbocycles. The highest BCUT2D eigenvalue weighted by Crippen LogP contribution is 2.29. The summed E-state index contributed by atoms with van der Waals surface area (Å²) >= 11 is 1.32. The molecule has 9 heteroatoms. The molecule has 2 aromatic heterocycles. The minimum Gasteiger partial charge on any atom is -0.275 e. The van der Waals surface area contributed by atoms with Gasteiger partial charge in [-0.05, 0) is 29.5 Å². The van der Waals surface area contributed by atoms with Gasteiger partial charge in [-0.1, -0.05) is 0 Å². The highest BCUT2D eigenvalue weighted by molar-refractivity contribution is 14.1. The summed E-state index contributed by atoms with van der Waals surface area (Å²) in [5.41, 5.74) is -2.01. The maximum absolute atomic E-state index is 12.5. The van der Waals surface area contributed by atoms with Gasteiger partial charge in [-0.15, -0.1) is 0 Å². The van der Waals surface area contributed by atoms with Gasteiger partial charge in [-0.2, -0.15) is 22.7 Å². The maximum Gasteiger partial charge on any atom is 0.434 e. The zero-order valence-electron chi connectivity index (χ0n) is 7.76. The molecule has 16 heavy (non-hydrogen) atoms. The van der Waals surface area contributed by atoms with Crippen LogP contribution in [0.25, 0.3) is 5.78 Å². The maximum atomic E-state index is 12.5. The molecular weight excluding hydrogens is 340 g/mol. The van der Waals surface area contributed by atoms with Crippen molar-refractivity contribution in [3.63, 3.8) is 0 Å². The number of halogens is 4. The van der Waals surface area contributed by atoms with Crippen LogP contribution in [0.2, 0.25) is 0 Å². The quantitative estimate of drug-likeness (QED) is 0.734. The number of aromatic amines is 1. The van der Waals surface area contributed by atoms with Crippen molar-refractivity contribution in [3.8, 4) is 0 Å². The molecule has 0 bridgehead atoms. The average molecular weight is 344 g/mol. The van der Waals surface area contributed by atoms with Gasteiger partial charge in [0.1, 0.15) is 9.39 Å². The van der Waals surface area contributed by atoms with Gasteiger partial charge in [0.25, 0.3) is 11.3 Å². The second-order valence-corrected chi connectivity index (χ2v) is 4.10. The Balaban J connectivity index is 2.89. The third-order valence-corrected chi connectivity index (χ3v) is 2.79. The lowest BCUT2D eigenvalue weighted by Gasteiger charge is -2.06. The second kappa shape index (κ2) is 3.43. The minimum absolute atomic E-state index is 0.282. The molecule has 0 aliphatic heterocycles. The SMILES string of the molecule is Cc1nc2nc(C(F)(F)F)c(I)c(=O)n2[nH]1. The first-order valence-corrected chi connectivity index (χ1v) is 5.10.